The van der Waals surface area contributed by atoms with E-state index >= 15 is 0 Å². The highest BCUT2D eigenvalue weighted by molar-refractivity contribution is 7.10. The van der Waals surface area contributed by atoms with Crippen LogP contribution in [0.4, 0.5) is 0 Å². The van der Waals surface area contributed by atoms with Crippen LogP contribution in [0.3, 0.4) is 0 Å². The Labute approximate surface area is 218 Å². The molecule has 1 aliphatic rings. The monoisotopic (exact) mass is 503 g/mol. The molecule has 2 rings (SSSR count). The van der Waals surface area contributed by atoms with Crippen molar-refractivity contribution in [3.05, 3.63) is 47.1 Å². The van der Waals surface area contributed by atoms with Crippen molar-refractivity contribution in [3.63, 3.8) is 0 Å². The van der Waals surface area contributed by atoms with E-state index in [1.807, 2.05) is 24.6 Å². The van der Waals surface area contributed by atoms with Crippen LogP contribution >= 0.6 is 11.3 Å². The van der Waals surface area contributed by atoms with Crippen molar-refractivity contribution in [1.29, 1.82) is 5.41 Å². The average Bonchev–Trinajstić information content (AvgIpc) is 3.44. The fourth-order valence-electron chi connectivity index (χ4n) is 4.42. The van der Waals surface area contributed by atoms with Crippen LogP contribution in [0.15, 0.2) is 36.6 Å². The Morgan fingerprint density at radius 1 is 1.11 bits per heavy atom. The Bertz CT molecular complexity index is 771. The van der Waals surface area contributed by atoms with Crippen molar-refractivity contribution < 1.29 is 0 Å². The Morgan fingerprint density at radius 3 is 2.46 bits per heavy atom. The van der Waals surface area contributed by atoms with Crippen LogP contribution in [-0.4, -0.2) is 96.9 Å². The van der Waals surface area contributed by atoms with E-state index in [9.17, 15) is 0 Å². The molecule has 0 amide bonds. The number of hydrogen-bond donors (Lipinski definition) is 2. The summed E-state index contributed by atoms with van der Waals surface area (Å²) in [7, 11) is 6.21. The van der Waals surface area contributed by atoms with Gasteiger partial charge in [0.2, 0.25) is 0 Å². The summed E-state index contributed by atoms with van der Waals surface area (Å²) in [6, 6.07) is 2.35. The Morgan fingerprint density at radius 2 is 1.83 bits per heavy atom. The van der Waals surface area contributed by atoms with Crippen molar-refractivity contribution in [2.24, 2.45) is 0 Å². The first-order valence-electron chi connectivity index (χ1n) is 13.1. The zero-order valence-electron chi connectivity index (χ0n) is 22.8. The Kier molecular flexibility index (Phi) is 13.4. The predicted octanol–water partition coefficient (Wildman–Crippen LogP) is 4.27. The lowest BCUT2D eigenvalue weighted by molar-refractivity contribution is 0.203. The number of rotatable bonds is 18. The second kappa shape index (κ2) is 16.0. The summed E-state index contributed by atoms with van der Waals surface area (Å²) in [5, 5.41) is 14.1. The van der Waals surface area contributed by atoms with Gasteiger partial charge in [0.1, 0.15) is 12.0 Å². The van der Waals surface area contributed by atoms with Crippen LogP contribution in [0.1, 0.15) is 50.0 Å². The molecule has 2 N–H and O–H groups in total. The molecular formula is C27H49N7S. The van der Waals surface area contributed by atoms with Crippen LogP contribution in [0, 0.1) is 5.41 Å². The summed E-state index contributed by atoms with van der Waals surface area (Å²) in [5.74, 6) is 0.556. The quantitative estimate of drug-likeness (QED) is 0.177. The van der Waals surface area contributed by atoms with Crippen LogP contribution in [-0.2, 0) is 13.1 Å². The van der Waals surface area contributed by atoms with E-state index < -0.39 is 0 Å². The van der Waals surface area contributed by atoms with Crippen LogP contribution < -0.4 is 5.32 Å². The highest BCUT2D eigenvalue weighted by atomic mass is 32.1. The summed E-state index contributed by atoms with van der Waals surface area (Å²) in [6.45, 7) is 16.4. The molecule has 0 radical (unpaired) electrons. The normalized spacial score (nSPS) is 15.4. The van der Waals surface area contributed by atoms with E-state index in [1.165, 1.54) is 55.8 Å². The molecule has 0 fully saturated rings. The van der Waals surface area contributed by atoms with Crippen LogP contribution in [0.5, 0.6) is 0 Å². The largest absolute Gasteiger partial charge is 0.369 e. The van der Waals surface area contributed by atoms with Crippen LogP contribution in [0.25, 0.3) is 0 Å². The SMILES string of the molecule is C=CN(C)C(=N)CN(Cc1csc(CN(C)CCCCN(CCC)CCC)c1)CC1NC=CN1C. The molecular weight excluding hydrogens is 454 g/mol. The van der Waals surface area contributed by atoms with E-state index in [0.717, 1.165) is 26.2 Å². The third-order valence-corrected chi connectivity index (χ3v) is 7.45. The van der Waals surface area contributed by atoms with E-state index in [4.69, 9.17) is 5.41 Å². The number of unbranched alkanes of at least 4 members (excludes halogenated alkanes) is 1. The smallest absolute Gasteiger partial charge is 0.114 e. The summed E-state index contributed by atoms with van der Waals surface area (Å²) >= 11 is 1.85. The van der Waals surface area contributed by atoms with Crippen molar-refractivity contribution in [2.75, 3.05) is 60.4 Å². The summed E-state index contributed by atoms with van der Waals surface area (Å²) in [5.41, 5.74) is 1.33. The second-order valence-corrected chi connectivity index (χ2v) is 10.8. The number of nitrogens with zero attached hydrogens (tertiary/aromatic N) is 5. The van der Waals surface area contributed by atoms with Crippen molar-refractivity contribution >= 4 is 17.2 Å². The van der Waals surface area contributed by atoms with Crippen LogP contribution in [0.2, 0.25) is 0 Å². The maximum atomic E-state index is 8.42. The highest BCUT2D eigenvalue weighted by Gasteiger charge is 2.21. The number of amidine groups is 1. The predicted molar refractivity (Wildman–Crippen MR) is 152 cm³/mol. The summed E-state index contributed by atoms with van der Waals surface area (Å²) < 4.78 is 0. The van der Waals surface area contributed by atoms with Gasteiger partial charge in [-0.25, -0.2) is 0 Å². The first-order chi connectivity index (χ1) is 16.9. The topological polar surface area (TPSA) is 52.1 Å². The average molecular weight is 504 g/mol. The summed E-state index contributed by atoms with van der Waals surface area (Å²) in [4.78, 5) is 12.8. The molecule has 0 saturated carbocycles. The third kappa shape index (κ3) is 10.7. The molecule has 0 bridgehead atoms. The summed E-state index contributed by atoms with van der Waals surface area (Å²) in [6.07, 6.45) is 11.0. The van der Waals surface area contributed by atoms with E-state index in [2.05, 4.69) is 77.1 Å². The Hall–Kier alpha value is -1.87. The maximum Gasteiger partial charge on any atom is 0.114 e. The zero-order chi connectivity index (χ0) is 25.6. The van der Waals surface area contributed by atoms with Gasteiger partial charge in [-0.05, 0) is 82.1 Å². The molecule has 1 aromatic rings. The number of hydrogen-bond acceptors (Lipinski definition) is 7. The molecule has 2 heterocycles. The minimum atomic E-state index is 0.228. The van der Waals surface area contributed by atoms with Gasteiger partial charge in [-0.3, -0.25) is 10.3 Å². The van der Waals surface area contributed by atoms with E-state index in [0.29, 0.717) is 12.4 Å². The van der Waals surface area contributed by atoms with E-state index in [-0.39, 0.29) is 6.17 Å². The molecule has 1 unspecified atom stereocenters. The molecule has 1 aliphatic heterocycles. The van der Waals surface area contributed by atoms with Gasteiger partial charge >= 0.3 is 0 Å². The third-order valence-electron chi connectivity index (χ3n) is 6.48. The van der Waals surface area contributed by atoms with Gasteiger partial charge in [-0.15, -0.1) is 11.3 Å². The fourth-order valence-corrected chi connectivity index (χ4v) is 5.38. The Balaban J connectivity index is 1.83. The van der Waals surface area contributed by atoms with Crippen molar-refractivity contribution in [3.8, 4) is 0 Å². The molecule has 0 aliphatic carbocycles. The molecule has 35 heavy (non-hydrogen) atoms. The molecule has 198 valence electrons. The first kappa shape index (κ1) is 29.4. The van der Waals surface area contributed by atoms with Gasteiger partial charge < -0.3 is 24.9 Å². The van der Waals surface area contributed by atoms with Gasteiger partial charge in [0, 0.05) is 51.0 Å². The number of nitrogens with one attached hydrogen (secondary N) is 2. The number of likely N-dealkylation sites (N-methyl/N-ethyl adjacent to an activating group) is 2. The van der Waals surface area contributed by atoms with Gasteiger partial charge in [0.15, 0.2) is 0 Å². The second-order valence-electron chi connectivity index (χ2n) is 9.78. The lowest BCUT2D eigenvalue weighted by atomic mass is 10.2. The van der Waals surface area contributed by atoms with Crippen molar-refractivity contribution in [1.82, 2.24) is 29.8 Å². The molecule has 8 heteroatoms. The molecule has 1 atom stereocenters. The highest BCUT2D eigenvalue weighted by Crippen LogP contribution is 2.19. The maximum absolute atomic E-state index is 8.42. The van der Waals surface area contributed by atoms with E-state index in [1.54, 1.807) is 11.1 Å². The fraction of sp³-hybridized carbons (Fsp3) is 0.667. The zero-order valence-corrected chi connectivity index (χ0v) is 23.6. The lowest BCUT2D eigenvalue weighted by Gasteiger charge is -2.30. The van der Waals surface area contributed by atoms with Gasteiger partial charge in [-0.2, -0.15) is 0 Å². The van der Waals surface area contributed by atoms with Gasteiger partial charge in [0.25, 0.3) is 0 Å². The van der Waals surface area contributed by atoms with Gasteiger partial charge in [-0.1, -0.05) is 20.4 Å². The molecule has 0 aromatic carbocycles. The van der Waals surface area contributed by atoms with Crippen molar-refractivity contribution in [2.45, 2.75) is 58.8 Å². The standard InChI is InChI=1S/C27H49N7S/c1-7-13-33(14-8-2)16-11-10-15-30(4)20-25-18-24(23-35-25)19-34(21-26(28)31(5)9-3)22-27-29-12-17-32(27)6/h9,12,17-18,23,27-29H,3,7-8,10-11,13-16,19-22H2,1-2,4-6H3. The minimum Gasteiger partial charge on any atom is -0.369 e. The molecule has 0 saturated heterocycles. The lowest BCUT2D eigenvalue weighted by Crippen LogP contribution is -2.46. The number of thiophene rings is 1. The molecule has 7 nitrogen and oxygen atoms in total. The van der Waals surface area contributed by atoms with Gasteiger partial charge in [0.05, 0.1) is 6.54 Å². The minimum absolute atomic E-state index is 0.228. The molecule has 1 aromatic heterocycles. The molecule has 0 spiro atoms. The first-order valence-corrected chi connectivity index (χ1v) is 14.0.